The predicted octanol–water partition coefficient (Wildman–Crippen LogP) is 4.80. The summed E-state index contributed by atoms with van der Waals surface area (Å²) >= 11 is 5.91. The molecule has 0 fully saturated rings. The van der Waals surface area contributed by atoms with E-state index in [0.717, 1.165) is 11.4 Å². The van der Waals surface area contributed by atoms with Gasteiger partial charge in [0.15, 0.2) is 18.2 Å². The molecule has 6 nitrogen and oxygen atoms in total. The van der Waals surface area contributed by atoms with Gasteiger partial charge in [-0.1, -0.05) is 11.6 Å². The molecule has 1 aliphatic rings. The molecule has 1 N–H and O–H groups in total. The van der Waals surface area contributed by atoms with Gasteiger partial charge in [0.25, 0.3) is 0 Å². The van der Waals surface area contributed by atoms with Gasteiger partial charge in [-0.15, -0.1) is 0 Å². The van der Waals surface area contributed by atoms with Crippen LogP contribution >= 0.6 is 11.6 Å². The van der Waals surface area contributed by atoms with Crippen molar-refractivity contribution in [1.82, 2.24) is 4.31 Å². The van der Waals surface area contributed by atoms with Crippen LogP contribution in [-0.2, 0) is 27.4 Å². The zero-order valence-electron chi connectivity index (χ0n) is 16.9. The van der Waals surface area contributed by atoms with Crippen molar-refractivity contribution in [1.29, 1.82) is 0 Å². The van der Waals surface area contributed by atoms with Crippen LogP contribution < -0.4 is 4.74 Å². The van der Waals surface area contributed by atoms with Crippen LogP contribution in [0.3, 0.4) is 0 Å². The van der Waals surface area contributed by atoms with E-state index in [1.165, 1.54) is 6.07 Å². The van der Waals surface area contributed by atoms with E-state index >= 15 is 0 Å². The summed E-state index contributed by atoms with van der Waals surface area (Å²) < 4.78 is 99.6. The summed E-state index contributed by atoms with van der Waals surface area (Å²) in [4.78, 5) is 9.94. The monoisotopic (exact) mass is 513 g/mol. The normalized spacial score (nSPS) is 16.5. The number of alkyl halides is 3. The molecular formula is C20H17ClF5NO5S. The van der Waals surface area contributed by atoms with Crippen molar-refractivity contribution in [3.63, 3.8) is 0 Å². The number of sulfonamides is 1. The molecule has 180 valence electrons. The number of ether oxygens (including phenoxy) is 1. The number of carboxylic acid groups (broad SMARTS) is 1. The Morgan fingerprint density at radius 3 is 2.52 bits per heavy atom. The van der Waals surface area contributed by atoms with Crippen molar-refractivity contribution in [2.24, 2.45) is 0 Å². The Bertz CT molecular complexity index is 1200. The molecule has 1 atom stereocenters. The first kappa shape index (κ1) is 25.2. The maximum atomic E-state index is 14.5. The lowest BCUT2D eigenvalue weighted by Gasteiger charge is -2.33. The Morgan fingerprint density at radius 1 is 1.24 bits per heavy atom. The summed E-state index contributed by atoms with van der Waals surface area (Å²) in [7, 11) is -3.53. The van der Waals surface area contributed by atoms with Gasteiger partial charge in [0.1, 0.15) is 5.82 Å². The SMILES string of the molecule is CN(C1CCCc2c1cc(Cl)c(F)c2OCC(=O)O)S(=O)(=O)c1cc(F)cc(C(F)(F)F)c1. The minimum atomic E-state index is -4.97. The van der Waals surface area contributed by atoms with Crippen LogP contribution in [0.1, 0.15) is 35.6 Å². The molecule has 13 heteroatoms. The van der Waals surface area contributed by atoms with E-state index in [1.54, 1.807) is 0 Å². The zero-order valence-corrected chi connectivity index (χ0v) is 18.5. The van der Waals surface area contributed by atoms with Crippen molar-refractivity contribution in [3.05, 3.63) is 57.6 Å². The first-order valence-electron chi connectivity index (χ1n) is 9.44. The average molecular weight is 514 g/mol. The predicted molar refractivity (Wildman–Crippen MR) is 107 cm³/mol. The fourth-order valence-electron chi connectivity index (χ4n) is 3.71. The Morgan fingerprint density at radius 2 is 1.91 bits per heavy atom. The first-order valence-corrected chi connectivity index (χ1v) is 11.3. The molecule has 1 aliphatic carbocycles. The van der Waals surface area contributed by atoms with E-state index in [2.05, 4.69) is 0 Å². The number of rotatable bonds is 6. The molecule has 1 unspecified atom stereocenters. The lowest BCUT2D eigenvalue weighted by Crippen LogP contribution is -2.34. The molecule has 0 radical (unpaired) electrons. The van der Waals surface area contributed by atoms with Gasteiger partial charge in [0.2, 0.25) is 10.0 Å². The van der Waals surface area contributed by atoms with Crippen molar-refractivity contribution >= 4 is 27.6 Å². The Balaban J connectivity index is 2.07. The van der Waals surface area contributed by atoms with Gasteiger partial charge in [-0.3, -0.25) is 0 Å². The Labute approximate surface area is 190 Å². The largest absolute Gasteiger partial charge is 0.479 e. The first-order chi connectivity index (χ1) is 15.2. The number of benzene rings is 2. The molecule has 0 aliphatic heterocycles. The molecular weight excluding hydrogens is 497 g/mol. The highest BCUT2D eigenvalue weighted by molar-refractivity contribution is 7.89. The third-order valence-corrected chi connectivity index (χ3v) is 7.35. The number of aliphatic carboxylic acids is 1. The van der Waals surface area contributed by atoms with Gasteiger partial charge < -0.3 is 9.84 Å². The smallest absolute Gasteiger partial charge is 0.416 e. The van der Waals surface area contributed by atoms with Crippen LogP contribution in [-0.4, -0.2) is 37.5 Å². The summed E-state index contributed by atoms with van der Waals surface area (Å²) in [5.74, 6) is -4.19. The van der Waals surface area contributed by atoms with Gasteiger partial charge in [0.05, 0.1) is 21.5 Å². The Hall–Kier alpha value is -2.44. The molecule has 0 saturated heterocycles. The van der Waals surface area contributed by atoms with Crippen LogP contribution in [0, 0.1) is 11.6 Å². The highest BCUT2D eigenvalue weighted by Gasteiger charge is 2.37. The third-order valence-electron chi connectivity index (χ3n) is 5.23. The van der Waals surface area contributed by atoms with Gasteiger partial charge in [-0.05, 0) is 49.1 Å². The summed E-state index contributed by atoms with van der Waals surface area (Å²) in [6, 6.07) is 1.16. The van der Waals surface area contributed by atoms with Crippen molar-refractivity contribution in [2.45, 2.75) is 36.4 Å². The molecule has 0 heterocycles. The van der Waals surface area contributed by atoms with E-state index in [-0.39, 0.29) is 30.0 Å². The zero-order chi connectivity index (χ0) is 24.7. The fraction of sp³-hybridized carbons (Fsp3) is 0.350. The molecule has 2 aromatic carbocycles. The van der Waals surface area contributed by atoms with Gasteiger partial charge in [0, 0.05) is 12.6 Å². The van der Waals surface area contributed by atoms with Crippen LogP contribution in [0.25, 0.3) is 0 Å². The van der Waals surface area contributed by atoms with Crippen molar-refractivity contribution in [3.8, 4) is 5.75 Å². The number of fused-ring (bicyclic) bond motifs is 1. The standard InChI is InChI=1S/C20H17ClF5NO5S/c1-27(33(30,31)12-6-10(20(24,25)26)5-11(22)7-12)16-4-2-3-13-14(16)8-15(21)18(23)19(13)32-9-17(28)29/h5-8,16H,2-4,9H2,1H3,(H,28,29). The second-order valence-electron chi connectivity index (χ2n) is 7.35. The third kappa shape index (κ3) is 5.07. The molecule has 0 spiro atoms. The van der Waals surface area contributed by atoms with Gasteiger partial charge in [-0.2, -0.15) is 17.5 Å². The average Bonchev–Trinajstić information content (AvgIpc) is 2.72. The summed E-state index contributed by atoms with van der Waals surface area (Å²) in [6.07, 6.45) is -4.21. The molecule has 0 aromatic heterocycles. The number of nitrogens with zero attached hydrogens (tertiary/aromatic N) is 1. The van der Waals surface area contributed by atoms with E-state index in [9.17, 15) is 35.2 Å². The van der Waals surface area contributed by atoms with Crippen molar-refractivity contribution in [2.75, 3.05) is 13.7 Å². The Kier molecular flexibility index (Phi) is 6.92. The maximum Gasteiger partial charge on any atom is 0.416 e. The lowest BCUT2D eigenvalue weighted by molar-refractivity contribution is -0.139. The highest BCUT2D eigenvalue weighted by Crippen LogP contribution is 2.44. The van der Waals surface area contributed by atoms with E-state index in [1.807, 2.05) is 0 Å². The van der Waals surface area contributed by atoms with E-state index in [0.29, 0.717) is 18.6 Å². The molecule has 33 heavy (non-hydrogen) atoms. The molecule has 3 rings (SSSR count). The van der Waals surface area contributed by atoms with E-state index < -0.39 is 67.7 Å². The quantitative estimate of drug-likeness (QED) is 0.561. The van der Waals surface area contributed by atoms with Gasteiger partial charge in [-0.25, -0.2) is 22.0 Å². The molecule has 0 bridgehead atoms. The molecule has 0 saturated carbocycles. The topological polar surface area (TPSA) is 83.9 Å². The second-order valence-corrected chi connectivity index (χ2v) is 9.76. The molecule has 2 aromatic rings. The number of carboxylic acids is 1. The molecule has 0 amide bonds. The number of hydrogen-bond donors (Lipinski definition) is 1. The number of hydrogen-bond acceptors (Lipinski definition) is 4. The minimum absolute atomic E-state index is 0.184. The summed E-state index contributed by atoms with van der Waals surface area (Å²) in [5.41, 5.74) is -1.05. The maximum absolute atomic E-state index is 14.5. The lowest BCUT2D eigenvalue weighted by atomic mass is 9.87. The minimum Gasteiger partial charge on any atom is -0.479 e. The summed E-state index contributed by atoms with van der Waals surface area (Å²) in [5, 5.41) is 8.39. The van der Waals surface area contributed by atoms with Crippen LogP contribution in [0.15, 0.2) is 29.2 Å². The summed E-state index contributed by atoms with van der Waals surface area (Å²) in [6.45, 7) is -0.869. The van der Waals surface area contributed by atoms with Crippen molar-refractivity contribution < 1.29 is 45.0 Å². The van der Waals surface area contributed by atoms with Crippen LogP contribution in [0.5, 0.6) is 5.75 Å². The van der Waals surface area contributed by atoms with E-state index in [4.69, 9.17) is 21.4 Å². The van der Waals surface area contributed by atoms with Crippen LogP contribution in [0.2, 0.25) is 5.02 Å². The number of halogens is 6. The second kappa shape index (κ2) is 9.07. The van der Waals surface area contributed by atoms with Crippen LogP contribution in [0.4, 0.5) is 22.0 Å². The fourth-order valence-corrected chi connectivity index (χ4v) is 5.34. The van der Waals surface area contributed by atoms with Gasteiger partial charge >= 0.3 is 12.1 Å². The number of carbonyl (C=O) groups is 1. The highest BCUT2D eigenvalue weighted by atomic mass is 35.5.